The highest BCUT2D eigenvalue weighted by Gasteiger charge is 2.45. The normalized spacial score (nSPS) is 24.8. The monoisotopic (exact) mass is 478 g/mol. The van der Waals surface area contributed by atoms with Crippen molar-refractivity contribution in [1.29, 1.82) is 0 Å². The minimum absolute atomic E-state index is 0.0290. The van der Waals surface area contributed by atoms with E-state index >= 15 is 0 Å². The zero-order valence-corrected chi connectivity index (χ0v) is 17.7. The Kier molecular flexibility index (Phi) is 6.25. The zero-order valence-electron chi connectivity index (χ0n) is 17.7. The molecule has 1 aliphatic rings. The minimum atomic E-state index is -1.73. The second kappa shape index (κ2) is 9.00. The molecule has 5 atom stereocenters. The smallest absolute Gasteiger partial charge is 0.336 e. The second-order valence-corrected chi connectivity index (χ2v) is 7.65. The summed E-state index contributed by atoms with van der Waals surface area (Å²) < 4.78 is 21.6. The molecular weight excluding hydrogens is 456 g/mol. The van der Waals surface area contributed by atoms with Crippen molar-refractivity contribution in [3.63, 3.8) is 0 Å². The first-order valence-electron chi connectivity index (χ1n) is 10.0. The molecule has 34 heavy (non-hydrogen) atoms. The van der Waals surface area contributed by atoms with Crippen molar-refractivity contribution in [2.24, 2.45) is 0 Å². The van der Waals surface area contributed by atoms with E-state index in [0.29, 0.717) is 0 Å². The van der Waals surface area contributed by atoms with Crippen LogP contribution in [0, 0.1) is 0 Å². The fourth-order valence-electron chi connectivity index (χ4n) is 3.73. The molecule has 4 rings (SSSR count). The Morgan fingerprint density at radius 3 is 2.26 bits per heavy atom. The summed E-state index contributed by atoms with van der Waals surface area (Å²) in [5.74, 6) is -1.56. The van der Waals surface area contributed by atoms with Crippen LogP contribution in [0.4, 0.5) is 0 Å². The molecule has 1 fully saturated rings. The van der Waals surface area contributed by atoms with Gasteiger partial charge in [-0.05, 0) is 6.07 Å². The first-order valence-corrected chi connectivity index (χ1v) is 10.0. The van der Waals surface area contributed by atoms with Crippen molar-refractivity contribution in [3.05, 3.63) is 40.8 Å². The van der Waals surface area contributed by atoms with Gasteiger partial charge in [0.15, 0.2) is 11.5 Å². The van der Waals surface area contributed by atoms with Crippen molar-refractivity contribution in [2.75, 3.05) is 13.7 Å². The number of phenols is 3. The Hall–Kier alpha value is -3.55. The highest BCUT2D eigenvalue weighted by atomic mass is 16.7. The average Bonchev–Trinajstić information content (AvgIpc) is 2.80. The molecule has 1 aromatic heterocycles. The van der Waals surface area contributed by atoms with Crippen LogP contribution >= 0.6 is 0 Å². The number of aromatic hydroxyl groups is 3. The van der Waals surface area contributed by atoms with E-state index in [-0.39, 0.29) is 33.6 Å². The molecule has 0 saturated carbocycles. The summed E-state index contributed by atoms with van der Waals surface area (Å²) >= 11 is 0. The van der Waals surface area contributed by atoms with E-state index in [0.717, 1.165) is 18.2 Å². The standard InChI is InChI=1S/C22H22O12/c1-31-8-2-14-18(10(5-17(27)32-14)9-4-12(25)13(26)6-11(9)24)15(3-8)33-22-21(30)20(29)19(28)16(7-23)34-22/h2-6,16,19-26,28-30H,7H2,1H3. The molecule has 0 radical (unpaired) electrons. The lowest BCUT2D eigenvalue weighted by molar-refractivity contribution is -0.277. The molecule has 12 heteroatoms. The van der Waals surface area contributed by atoms with Gasteiger partial charge < -0.3 is 54.4 Å². The lowest BCUT2D eigenvalue weighted by Crippen LogP contribution is -2.60. The molecule has 12 nitrogen and oxygen atoms in total. The molecule has 2 heterocycles. The summed E-state index contributed by atoms with van der Waals surface area (Å²) in [4.78, 5) is 12.3. The largest absolute Gasteiger partial charge is 0.507 e. The Morgan fingerprint density at radius 2 is 1.59 bits per heavy atom. The van der Waals surface area contributed by atoms with Crippen LogP contribution in [0.2, 0.25) is 0 Å². The molecular formula is C22H22O12. The fraction of sp³-hybridized carbons (Fsp3) is 0.318. The molecule has 182 valence electrons. The molecule has 0 amide bonds. The average molecular weight is 478 g/mol. The molecule has 0 bridgehead atoms. The van der Waals surface area contributed by atoms with Gasteiger partial charge in [-0.2, -0.15) is 0 Å². The molecule has 0 spiro atoms. The van der Waals surface area contributed by atoms with Gasteiger partial charge in [-0.3, -0.25) is 0 Å². The fourth-order valence-corrected chi connectivity index (χ4v) is 3.73. The van der Waals surface area contributed by atoms with Gasteiger partial charge in [0.05, 0.1) is 19.1 Å². The number of hydrogen-bond acceptors (Lipinski definition) is 12. The quantitative estimate of drug-likeness (QED) is 0.144. The van der Waals surface area contributed by atoms with E-state index in [9.17, 15) is 40.5 Å². The molecule has 5 unspecified atom stereocenters. The van der Waals surface area contributed by atoms with Crippen LogP contribution in [-0.2, 0) is 4.74 Å². The van der Waals surface area contributed by atoms with Crippen LogP contribution in [0.5, 0.6) is 28.7 Å². The van der Waals surface area contributed by atoms with Crippen LogP contribution < -0.4 is 15.1 Å². The van der Waals surface area contributed by atoms with Gasteiger partial charge in [0.1, 0.15) is 47.2 Å². The van der Waals surface area contributed by atoms with Crippen molar-refractivity contribution in [3.8, 4) is 39.9 Å². The third kappa shape index (κ3) is 4.08. The summed E-state index contributed by atoms with van der Waals surface area (Å²) in [7, 11) is 1.34. The van der Waals surface area contributed by atoms with E-state index in [1.54, 1.807) is 0 Å². The predicted molar refractivity (Wildman–Crippen MR) is 114 cm³/mol. The molecule has 1 saturated heterocycles. The number of ether oxygens (including phenoxy) is 3. The molecule has 2 aromatic carbocycles. The number of aliphatic hydroxyl groups excluding tert-OH is 4. The van der Waals surface area contributed by atoms with Crippen LogP contribution in [0.3, 0.4) is 0 Å². The van der Waals surface area contributed by atoms with Crippen molar-refractivity contribution >= 4 is 11.0 Å². The first-order chi connectivity index (χ1) is 16.1. The van der Waals surface area contributed by atoms with Crippen LogP contribution in [0.1, 0.15) is 0 Å². The Labute approximate surface area is 191 Å². The maximum absolute atomic E-state index is 12.3. The zero-order chi connectivity index (χ0) is 24.7. The lowest BCUT2D eigenvalue weighted by Gasteiger charge is -2.39. The number of hydrogen-bond donors (Lipinski definition) is 7. The van der Waals surface area contributed by atoms with E-state index in [1.807, 2.05) is 0 Å². The second-order valence-electron chi connectivity index (χ2n) is 7.65. The molecule has 3 aromatic rings. The third-order valence-electron chi connectivity index (χ3n) is 5.49. The maximum atomic E-state index is 12.3. The summed E-state index contributed by atoms with van der Waals surface area (Å²) in [5, 5.41) is 70.0. The minimum Gasteiger partial charge on any atom is -0.507 e. The third-order valence-corrected chi connectivity index (χ3v) is 5.49. The number of phenolic OH excluding ortho intramolecular Hbond substituents is 3. The summed E-state index contributed by atoms with van der Waals surface area (Å²) in [5.41, 5.74) is -0.909. The topological polar surface area (TPSA) is 200 Å². The molecule has 0 aliphatic carbocycles. The lowest BCUT2D eigenvalue weighted by atomic mass is 9.98. The first kappa shape index (κ1) is 23.6. The Morgan fingerprint density at radius 1 is 0.882 bits per heavy atom. The number of rotatable bonds is 5. The number of aliphatic hydroxyl groups is 4. The van der Waals surface area contributed by atoms with E-state index in [2.05, 4.69) is 0 Å². The van der Waals surface area contributed by atoms with E-state index in [1.165, 1.54) is 19.2 Å². The van der Waals surface area contributed by atoms with Crippen LogP contribution in [0.15, 0.2) is 39.5 Å². The molecule has 1 aliphatic heterocycles. The van der Waals surface area contributed by atoms with Crippen LogP contribution in [-0.4, -0.2) is 80.2 Å². The Bertz CT molecular complexity index is 1270. The van der Waals surface area contributed by atoms with Gasteiger partial charge in [-0.25, -0.2) is 4.79 Å². The Balaban J connectivity index is 1.92. The van der Waals surface area contributed by atoms with Gasteiger partial charge in [0.2, 0.25) is 6.29 Å². The molecule has 7 N–H and O–H groups in total. The number of benzene rings is 2. The van der Waals surface area contributed by atoms with Crippen molar-refractivity contribution in [2.45, 2.75) is 30.7 Å². The number of fused-ring (bicyclic) bond motifs is 1. The van der Waals surface area contributed by atoms with Gasteiger partial charge >= 0.3 is 5.63 Å². The van der Waals surface area contributed by atoms with Crippen LogP contribution in [0.25, 0.3) is 22.1 Å². The highest BCUT2D eigenvalue weighted by molar-refractivity contribution is 6.00. The summed E-state index contributed by atoms with van der Waals surface area (Å²) in [6, 6.07) is 5.64. The van der Waals surface area contributed by atoms with Gasteiger partial charge in [-0.15, -0.1) is 0 Å². The van der Waals surface area contributed by atoms with Gasteiger partial charge in [0, 0.05) is 35.4 Å². The van der Waals surface area contributed by atoms with E-state index in [4.69, 9.17) is 18.6 Å². The maximum Gasteiger partial charge on any atom is 0.336 e. The van der Waals surface area contributed by atoms with Gasteiger partial charge in [0.25, 0.3) is 0 Å². The predicted octanol–water partition coefficient (Wildman–Crippen LogP) is -0.236. The summed E-state index contributed by atoms with van der Waals surface area (Å²) in [6.07, 6.45) is -7.86. The SMILES string of the molecule is COc1cc(OC2OC(CO)C(O)C(O)C2O)c2c(-c3cc(O)c(O)cc3O)cc(=O)oc2c1. The number of methoxy groups -OCH3 is 1. The van der Waals surface area contributed by atoms with Crippen molar-refractivity contribution < 1.29 is 54.4 Å². The highest BCUT2D eigenvalue weighted by Crippen LogP contribution is 2.44. The van der Waals surface area contributed by atoms with Gasteiger partial charge in [-0.1, -0.05) is 0 Å². The van der Waals surface area contributed by atoms with Crippen molar-refractivity contribution in [1.82, 2.24) is 0 Å². The summed E-state index contributed by atoms with van der Waals surface area (Å²) in [6.45, 7) is -0.676. The van der Waals surface area contributed by atoms with E-state index < -0.39 is 60.2 Å².